The molecule has 26 heavy (non-hydrogen) atoms. The van der Waals surface area contributed by atoms with Gasteiger partial charge in [-0.15, -0.1) is 0 Å². The Morgan fingerprint density at radius 3 is 2.65 bits per heavy atom. The van der Waals surface area contributed by atoms with Gasteiger partial charge in [0.2, 0.25) is 0 Å². The van der Waals surface area contributed by atoms with Crippen LogP contribution in [0.15, 0.2) is 48.5 Å². The summed E-state index contributed by atoms with van der Waals surface area (Å²) >= 11 is 0. The molecule has 0 aliphatic carbocycles. The number of halogens is 1. The molecule has 1 N–H and O–H groups in total. The van der Waals surface area contributed by atoms with Crippen LogP contribution in [0.2, 0.25) is 0 Å². The van der Waals surface area contributed by atoms with Crippen LogP contribution in [0, 0.1) is 11.7 Å². The molecular weight excluding hydrogens is 327 g/mol. The van der Waals surface area contributed by atoms with Crippen molar-refractivity contribution < 1.29 is 9.50 Å². The Hall–Kier alpha value is -1.91. The van der Waals surface area contributed by atoms with Crippen molar-refractivity contribution >= 4 is 5.69 Å². The minimum absolute atomic E-state index is 0.180. The van der Waals surface area contributed by atoms with Gasteiger partial charge in [0.05, 0.1) is 0 Å². The molecule has 0 amide bonds. The maximum atomic E-state index is 13.0. The molecule has 2 aromatic rings. The van der Waals surface area contributed by atoms with Crippen molar-refractivity contribution in [3.05, 3.63) is 65.5 Å². The third-order valence-electron chi connectivity index (χ3n) is 5.97. The van der Waals surface area contributed by atoms with Gasteiger partial charge in [0.15, 0.2) is 0 Å². The number of benzene rings is 2. The molecule has 2 aromatic carbocycles. The predicted molar refractivity (Wildman–Crippen MR) is 103 cm³/mol. The van der Waals surface area contributed by atoms with Crippen molar-refractivity contribution in [2.24, 2.45) is 5.92 Å². The summed E-state index contributed by atoms with van der Waals surface area (Å²) in [6.07, 6.45) is 3.12. The van der Waals surface area contributed by atoms with Gasteiger partial charge in [0, 0.05) is 50.4 Å². The highest BCUT2D eigenvalue weighted by atomic mass is 19.1. The highest BCUT2D eigenvalue weighted by molar-refractivity contribution is 5.58. The molecule has 138 valence electrons. The van der Waals surface area contributed by atoms with E-state index in [1.165, 1.54) is 28.9 Å². The largest absolute Gasteiger partial charge is 0.396 e. The summed E-state index contributed by atoms with van der Waals surface area (Å²) in [5, 5.41) is 10.0. The first kappa shape index (κ1) is 17.5. The molecule has 1 fully saturated rings. The number of rotatable bonds is 5. The second-order valence-corrected chi connectivity index (χ2v) is 7.55. The first-order chi connectivity index (χ1) is 12.7. The highest BCUT2D eigenvalue weighted by Crippen LogP contribution is 2.34. The van der Waals surface area contributed by atoms with E-state index in [4.69, 9.17) is 0 Å². The van der Waals surface area contributed by atoms with Gasteiger partial charge in [-0.1, -0.05) is 30.3 Å². The van der Waals surface area contributed by atoms with Crippen LogP contribution in [0.1, 0.15) is 17.5 Å². The summed E-state index contributed by atoms with van der Waals surface area (Å²) in [7, 11) is 0. The molecule has 3 nitrogen and oxygen atoms in total. The molecule has 1 saturated heterocycles. The fourth-order valence-corrected chi connectivity index (χ4v) is 4.53. The van der Waals surface area contributed by atoms with E-state index in [-0.39, 0.29) is 18.3 Å². The summed E-state index contributed by atoms with van der Waals surface area (Å²) in [6, 6.07) is 15.9. The molecule has 2 aliphatic heterocycles. The number of fused-ring (bicyclic) bond motifs is 1. The van der Waals surface area contributed by atoms with Crippen LogP contribution in [0.5, 0.6) is 0 Å². The van der Waals surface area contributed by atoms with Crippen molar-refractivity contribution in [3.63, 3.8) is 0 Å². The van der Waals surface area contributed by atoms with Gasteiger partial charge in [0.1, 0.15) is 5.82 Å². The van der Waals surface area contributed by atoms with E-state index < -0.39 is 0 Å². The SMILES string of the molecule is OC[C@H]1CN(CCc2ccc(F)cc2)CC[C@H]1N1CCc2ccccc21. The molecule has 0 spiro atoms. The average molecular weight is 354 g/mol. The Morgan fingerprint density at radius 1 is 1.04 bits per heavy atom. The number of aliphatic hydroxyl groups excluding tert-OH is 1. The van der Waals surface area contributed by atoms with Crippen LogP contribution in [-0.2, 0) is 12.8 Å². The minimum Gasteiger partial charge on any atom is -0.396 e. The zero-order valence-corrected chi connectivity index (χ0v) is 15.1. The summed E-state index contributed by atoms with van der Waals surface area (Å²) in [5.74, 6) is 0.101. The smallest absolute Gasteiger partial charge is 0.123 e. The van der Waals surface area contributed by atoms with Gasteiger partial charge in [-0.2, -0.15) is 0 Å². The zero-order chi connectivity index (χ0) is 17.9. The van der Waals surface area contributed by atoms with Crippen LogP contribution in [0.3, 0.4) is 0 Å². The summed E-state index contributed by atoms with van der Waals surface area (Å²) in [4.78, 5) is 4.97. The Bertz CT molecular complexity index is 733. The maximum Gasteiger partial charge on any atom is 0.123 e. The topological polar surface area (TPSA) is 26.7 Å². The third kappa shape index (κ3) is 3.62. The number of hydrogen-bond acceptors (Lipinski definition) is 3. The summed E-state index contributed by atoms with van der Waals surface area (Å²) in [5.41, 5.74) is 3.96. The number of hydrogen-bond donors (Lipinski definition) is 1. The normalized spacial score (nSPS) is 23.2. The third-order valence-corrected chi connectivity index (χ3v) is 5.97. The fourth-order valence-electron chi connectivity index (χ4n) is 4.53. The molecule has 0 bridgehead atoms. The Kier molecular flexibility index (Phi) is 5.23. The minimum atomic E-state index is -0.180. The van der Waals surface area contributed by atoms with Crippen LogP contribution >= 0.6 is 0 Å². The van der Waals surface area contributed by atoms with Gasteiger partial charge in [-0.05, 0) is 48.6 Å². The average Bonchev–Trinajstić information content (AvgIpc) is 3.11. The van der Waals surface area contributed by atoms with Crippen LogP contribution in [-0.4, -0.2) is 48.8 Å². The highest BCUT2D eigenvalue weighted by Gasteiger charge is 2.35. The van der Waals surface area contributed by atoms with E-state index in [9.17, 15) is 9.50 Å². The number of nitrogens with zero attached hydrogens (tertiary/aromatic N) is 2. The standard InChI is InChI=1S/C22H27FN2O/c23-20-7-5-17(6-8-20)9-12-24-13-11-22(19(15-24)16-26)25-14-10-18-3-1-2-4-21(18)25/h1-8,19,22,26H,9-16H2/t19-,22-/m1/s1. The monoisotopic (exact) mass is 354 g/mol. The Labute approximate surface area is 155 Å². The van der Waals surface area contributed by atoms with E-state index in [0.29, 0.717) is 6.04 Å². The first-order valence-electron chi connectivity index (χ1n) is 9.67. The molecule has 2 heterocycles. The molecule has 0 saturated carbocycles. The lowest BCUT2D eigenvalue weighted by atomic mass is 9.91. The van der Waals surface area contributed by atoms with Crippen molar-refractivity contribution in [2.75, 3.05) is 37.7 Å². The van der Waals surface area contributed by atoms with E-state index in [0.717, 1.165) is 45.4 Å². The van der Waals surface area contributed by atoms with E-state index in [1.807, 2.05) is 12.1 Å². The van der Waals surface area contributed by atoms with E-state index in [1.54, 1.807) is 0 Å². The molecule has 4 rings (SSSR count). The van der Waals surface area contributed by atoms with Crippen LogP contribution in [0.4, 0.5) is 10.1 Å². The number of para-hydroxylation sites is 1. The molecule has 0 radical (unpaired) electrons. The van der Waals surface area contributed by atoms with Gasteiger partial charge < -0.3 is 14.9 Å². The number of anilines is 1. The van der Waals surface area contributed by atoms with Crippen LogP contribution in [0.25, 0.3) is 0 Å². The molecular formula is C22H27FN2O. The second kappa shape index (κ2) is 7.77. The second-order valence-electron chi connectivity index (χ2n) is 7.55. The van der Waals surface area contributed by atoms with Gasteiger partial charge in [0.25, 0.3) is 0 Å². The number of aliphatic hydroxyl groups is 1. The lowest BCUT2D eigenvalue weighted by Gasteiger charge is -2.43. The molecule has 0 unspecified atom stereocenters. The van der Waals surface area contributed by atoms with E-state index >= 15 is 0 Å². The van der Waals surface area contributed by atoms with Gasteiger partial charge in [-0.3, -0.25) is 0 Å². The molecule has 0 aromatic heterocycles. The van der Waals surface area contributed by atoms with Gasteiger partial charge >= 0.3 is 0 Å². The van der Waals surface area contributed by atoms with Gasteiger partial charge in [-0.25, -0.2) is 4.39 Å². The number of piperidine rings is 1. The summed E-state index contributed by atoms with van der Waals surface area (Å²) in [6.45, 7) is 4.25. The number of likely N-dealkylation sites (tertiary alicyclic amines) is 1. The van der Waals surface area contributed by atoms with Crippen molar-refractivity contribution in [3.8, 4) is 0 Å². The Balaban J connectivity index is 1.37. The lowest BCUT2D eigenvalue weighted by Crippen LogP contribution is -2.52. The quantitative estimate of drug-likeness (QED) is 0.894. The lowest BCUT2D eigenvalue weighted by molar-refractivity contribution is 0.102. The van der Waals surface area contributed by atoms with Crippen molar-refractivity contribution in [2.45, 2.75) is 25.3 Å². The fraction of sp³-hybridized carbons (Fsp3) is 0.455. The van der Waals surface area contributed by atoms with Crippen molar-refractivity contribution in [1.82, 2.24) is 4.90 Å². The predicted octanol–water partition coefficient (Wildman–Crippen LogP) is 3.11. The summed E-state index contributed by atoms with van der Waals surface area (Å²) < 4.78 is 13.0. The molecule has 2 atom stereocenters. The van der Waals surface area contributed by atoms with Crippen LogP contribution < -0.4 is 4.90 Å². The first-order valence-corrected chi connectivity index (χ1v) is 9.67. The van der Waals surface area contributed by atoms with E-state index in [2.05, 4.69) is 34.1 Å². The molecule has 2 aliphatic rings. The zero-order valence-electron chi connectivity index (χ0n) is 15.1. The van der Waals surface area contributed by atoms with Crippen molar-refractivity contribution in [1.29, 1.82) is 0 Å². The molecule has 4 heteroatoms. The maximum absolute atomic E-state index is 13.0. The Morgan fingerprint density at radius 2 is 1.85 bits per heavy atom.